The number of nitrogens with one attached hydrogen (secondary N) is 2. The van der Waals surface area contributed by atoms with Crippen LogP contribution in [0.25, 0.3) is 0 Å². The number of benzene rings is 2. The van der Waals surface area contributed by atoms with Crippen molar-refractivity contribution in [3.05, 3.63) is 59.7 Å². The van der Waals surface area contributed by atoms with Gasteiger partial charge in [0, 0.05) is 16.8 Å². The van der Waals surface area contributed by atoms with Crippen LogP contribution in [0.2, 0.25) is 0 Å². The molecule has 0 aliphatic carbocycles. The second-order valence-electron chi connectivity index (χ2n) is 6.93. The largest absolute Gasteiger partial charge is 0.484 e. The van der Waals surface area contributed by atoms with E-state index in [1.165, 1.54) is 0 Å². The summed E-state index contributed by atoms with van der Waals surface area (Å²) in [4.78, 5) is 24.0. The van der Waals surface area contributed by atoms with Gasteiger partial charge in [-0.1, -0.05) is 12.1 Å². The van der Waals surface area contributed by atoms with Crippen LogP contribution >= 0.6 is 0 Å². The SMILES string of the molecule is Cc1cccc(OCC(=O)Nc2ccc(C(=O)NC(C)(C)C)cc2)c1. The summed E-state index contributed by atoms with van der Waals surface area (Å²) >= 11 is 0. The second-order valence-corrected chi connectivity index (χ2v) is 6.93. The fraction of sp³-hybridized carbons (Fsp3) is 0.300. The Balaban J connectivity index is 1.88. The van der Waals surface area contributed by atoms with E-state index < -0.39 is 0 Å². The van der Waals surface area contributed by atoms with Gasteiger partial charge in [0.05, 0.1) is 0 Å². The number of carbonyl (C=O) groups excluding carboxylic acids is 2. The van der Waals surface area contributed by atoms with Gasteiger partial charge in [-0.3, -0.25) is 9.59 Å². The van der Waals surface area contributed by atoms with Crippen molar-refractivity contribution >= 4 is 17.5 Å². The quantitative estimate of drug-likeness (QED) is 0.875. The van der Waals surface area contributed by atoms with Crippen molar-refractivity contribution in [3.8, 4) is 5.75 Å². The van der Waals surface area contributed by atoms with Crippen molar-refractivity contribution in [2.75, 3.05) is 11.9 Å². The molecule has 2 amide bonds. The van der Waals surface area contributed by atoms with E-state index in [9.17, 15) is 9.59 Å². The number of hydrogen-bond donors (Lipinski definition) is 2. The maximum atomic E-state index is 12.1. The lowest BCUT2D eigenvalue weighted by atomic mass is 10.1. The monoisotopic (exact) mass is 340 g/mol. The van der Waals surface area contributed by atoms with E-state index in [0.717, 1.165) is 5.56 Å². The molecule has 5 nitrogen and oxygen atoms in total. The van der Waals surface area contributed by atoms with Crippen molar-refractivity contribution < 1.29 is 14.3 Å². The molecular formula is C20H24N2O3. The molecule has 0 saturated carbocycles. The van der Waals surface area contributed by atoms with Crippen LogP contribution in [0, 0.1) is 6.92 Å². The van der Waals surface area contributed by atoms with Gasteiger partial charge in [-0.05, 0) is 69.7 Å². The predicted molar refractivity (Wildman–Crippen MR) is 99.0 cm³/mol. The molecule has 2 aromatic carbocycles. The number of ether oxygens (including phenoxy) is 1. The molecule has 0 unspecified atom stereocenters. The van der Waals surface area contributed by atoms with Crippen molar-refractivity contribution in [3.63, 3.8) is 0 Å². The molecule has 0 spiro atoms. The van der Waals surface area contributed by atoms with Gasteiger partial charge < -0.3 is 15.4 Å². The molecule has 0 aliphatic heterocycles. The first-order valence-electron chi connectivity index (χ1n) is 8.15. The van der Waals surface area contributed by atoms with Crippen LogP contribution in [-0.2, 0) is 4.79 Å². The molecule has 0 radical (unpaired) electrons. The lowest BCUT2D eigenvalue weighted by molar-refractivity contribution is -0.118. The minimum atomic E-state index is -0.295. The molecule has 0 atom stereocenters. The molecule has 0 fully saturated rings. The molecule has 0 bridgehead atoms. The molecule has 2 aromatic rings. The van der Waals surface area contributed by atoms with Crippen molar-refractivity contribution in [2.24, 2.45) is 0 Å². The van der Waals surface area contributed by atoms with Crippen LogP contribution in [-0.4, -0.2) is 24.0 Å². The number of anilines is 1. The van der Waals surface area contributed by atoms with Crippen LogP contribution in [0.15, 0.2) is 48.5 Å². The Morgan fingerprint density at radius 1 is 1.04 bits per heavy atom. The summed E-state index contributed by atoms with van der Waals surface area (Å²) in [5.41, 5.74) is 1.94. The highest BCUT2D eigenvalue weighted by Crippen LogP contribution is 2.13. The standard InChI is InChI=1S/C20H24N2O3/c1-14-6-5-7-17(12-14)25-13-18(23)21-16-10-8-15(9-11-16)19(24)22-20(2,3)4/h5-12H,13H2,1-4H3,(H,21,23)(H,22,24). The summed E-state index contributed by atoms with van der Waals surface area (Å²) < 4.78 is 5.46. The summed E-state index contributed by atoms with van der Waals surface area (Å²) in [6.07, 6.45) is 0. The summed E-state index contributed by atoms with van der Waals surface area (Å²) in [6, 6.07) is 14.3. The Kier molecular flexibility index (Phi) is 5.80. The average Bonchev–Trinajstić information content (AvgIpc) is 2.52. The highest BCUT2D eigenvalue weighted by molar-refractivity contribution is 5.96. The van der Waals surface area contributed by atoms with E-state index in [1.54, 1.807) is 24.3 Å². The Bertz CT molecular complexity index is 746. The molecule has 0 heterocycles. The third kappa shape index (κ3) is 6.30. The number of amides is 2. The van der Waals surface area contributed by atoms with Crippen LogP contribution in [0.1, 0.15) is 36.7 Å². The summed E-state index contributed by atoms with van der Waals surface area (Å²) in [6.45, 7) is 7.66. The highest BCUT2D eigenvalue weighted by atomic mass is 16.5. The normalized spacial score (nSPS) is 10.9. The van der Waals surface area contributed by atoms with Gasteiger partial charge in [-0.15, -0.1) is 0 Å². The lowest BCUT2D eigenvalue weighted by Crippen LogP contribution is -2.40. The third-order valence-electron chi connectivity index (χ3n) is 3.28. The average molecular weight is 340 g/mol. The zero-order valence-electron chi connectivity index (χ0n) is 15.1. The fourth-order valence-electron chi connectivity index (χ4n) is 2.17. The lowest BCUT2D eigenvalue weighted by Gasteiger charge is -2.20. The molecule has 0 aliphatic rings. The maximum Gasteiger partial charge on any atom is 0.262 e. The number of carbonyl (C=O) groups is 2. The van der Waals surface area contributed by atoms with E-state index in [1.807, 2.05) is 52.0 Å². The Hall–Kier alpha value is -2.82. The minimum absolute atomic E-state index is 0.0737. The Labute approximate surface area is 148 Å². The Morgan fingerprint density at radius 3 is 2.32 bits per heavy atom. The third-order valence-corrected chi connectivity index (χ3v) is 3.28. The number of aryl methyl sites for hydroxylation is 1. The zero-order chi connectivity index (χ0) is 18.4. The van der Waals surface area contributed by atoms with Crippen LogP contribution < -0.4 is 15.4 Å². The summed E-state index contributed by atoms with van der Waals surface area (Å²) in [5, 5.41) is 5.64. The van der Waals surface area contributed by atoms with Gasteiger partial charge in [-0.25, -0.2) is 0 Å². The number of rotatable bonds is 5. The van der Waals surface area contributed by atoms with Crippen molar-refractivity contribution in [2.45, 2.75) is 33.2 Å². The van der Waals surface area contributed by atoms with Gasteiger partial charge >= 0.3 is 0 Å². The molecule has 2 rings (SSSR count). The zero-order valence-corrected chi connectivity index (χ0v) is 15.1. The van der Waals surface area contributed by atoms with E-state index in [2.05, 4.69) is 10.6 Å². The van der Waals surface area contributed by atoms with Gasteiger partial charge in [-0.2, -0.15) is 0 Å². The van der Waals surface area contributed by atoms with E-state index in [-0.39, 0.29) is 24.0 Å². The molecular weight excluding hydrogens is 316 g/mol. The van der Waals surface area contributed by atoms with Gasteiger partial charge in [0.15, 0.2) is 6.61 Å². The van der Waals surface area contributed by atoms with E-state index in [4.69, 9.17) is 4.74 Å². The number of hydrogen-bond acceptors (Lipinski definition) is 3. The van der Waals surface area contributed by atoms with Crippen LogP contribution in [0.4, 0.5) is 5.69 Å². The molecule has 2 N–H and O–H groups in total. The van der Waals surface area contributed by atoms with Gasteiger partial charge in [0.2, 0.25) is 0 Å². The second kappa shape index (κ2) is 7.83. The fourth-order valence-corrected chi connectivity index (χ4v) is 2.17. The van der Waals surface area contributed by atoms with Crippen LogP contribution in [0.3, 0.4) is 0 Å². The summed E-state index contributed by atoms with van der Waals surface area (Å²) in [7, 11) is 0. The maximum absolute atomic E-state index is 12.1. The molecule has 5 heteroatoms. The minimum Gasteiger partial charge on any atom is -0.484 e. The Morgan fingerprint density at radius 2 is 1.72 bits per heavy atom. The van der Waals surface area contributed by atoms with Crippen molar-refractivity contribution in [1.29, 1.82) is 0 Å². The predicted octanol–water partition coefficient (Wildman–Crippen LogP) is 3.54. The van der Waals surface area contributed by atoms with E-state index in [0.29, 0.717) is 17.0 Å². The van der Waals surface area contributed by atoms with Crippen LogP contribution in [0.5, 0.6) is 5.75 Å². The molecule has 25 heavy (non-hydrogen) atoms. The van der Waals surface area contributed by atoms with Gasteiger partial charge in [0.25, 0.3) is 11.8 Å². The molecule has 0 saturated heterocycles. The van der Waals surface area contributed by atoms with Gasteiger partial charge in [0.1, 0.15) is 5.75 Å². The smallest absolute Gasteiger partial charge is 0.262 e. The van der Waals surface area contributed by atoms with E-state index >= 15 is 0 Å². The topological polar surface area (TPSA) is 67.4 Å². The summed E-state index contributed by atoms with van der Waals surface area (Å²) in [5.74, 6) is 0.255. The first-order chi connectivity index (χ1) is 11.7. The molecule has 0 aromatic heterocycles. The van der Waals surface area contributed by atoms with Crippen molar-refractivity contribution in [1.82, 2.24) is 5.32 Å². The molecule has 132 valence electrons. The highest BCUT2D eigenvalue weighted by Gasteiger charge is 2.15. The first-order valence-corrected chi connectivity index (χ1v) is 8.15. The first kappa shape index (κ1) is 18.5.